The third kappa shape index (κ3) is 3.97. The number of halogens is 1. The Kier molecular flexibility index (Phi) is 4.44. The molecule has 1 aromatic heterocycles. The molecule has 0 fully saturated rings. The van der Waals surface area contributed by atoms with Crippen LogP contribution in [-0.2, 0) is 6.54 Å². The molecule has 1 heterocycles. The first-order valence-corrected chi connectivity index (χ1v) is 7.32. The second-order valence-electron chi connectivity index (χ2n) is 4.17. The van der Waals surface area contributed by atoms with Gasteiger partial charge in [-0.25, -0.2) is 4.79 Å². The molecule has 0 unspecified atom stereocenters. The Bertz CT molecular complexity index is 568. The Morgan fingerprint density at radius 2 is 2.11 bits per heavy atom. The molecule has 0 aliphatic rings. The smallest absolute Gasteiger partial charge is 0.321 e. The van der Waals surface area contributed by atoms with Gasteiger partial charge in [0.1, 0.15) is 0 Å². The maximum Gasteiger partial charge on any atom is 0.321 e. The monoisotopic (exact) mass is 339 g/mol. The fourth-order valence-corrected chi connectivity index (χ4v) is 2.76. The van der Waals surface area contributed by atoms with Crippen molar-refractivity contribution in [1.29, 1.82) is 0 Å². The number of benzene rings is 1. The zero-order valence-electron chi connectivity index (χ0n) is 10.4. The van der Waals surface area contributed by atoms with Gasteiger partial charge in [0.25, 0.3) is 0 Å². The van der Waals surface area contributed by atoms with Gasteiger partial charge < -0.3 is 16.0 Å². The van der Waals surface area contributed by atoms with Gasteiger partial charge in [0, 0.05) is 25.0 Å². The van der Waals surface area contributed by atoms with Gasteiger partial charge in [-0.3, -0.25) is 0 Å². The van der Waals surface area contributed by atoms with Crippen LogP contribution >= 0.6 is 27.3 Å². The van der Waals surface area contributed by atoms with Crippen molar-refractivity contribution in [2.45, 2.75) is 6.54 Å². The number of nitrogen functional groups attached to an aromatic ring is 1. The summed E-state index contributed by atoms with van der Waals surface area (Å²) in [6.45, 7) is 0.572. The predicted molar refractivity (Wildman–Crippen MR) is 83.4 cm³/mol. The fraction of sp³-hybridized carbons (Fsp3) is 0.154. The molecule has 0 atom stereocenters. The van der Waals surface area contributed by atoms with E-state index in [2.05, 4.69) is 21.2 Å². The lowest BCUT2D eigenvalue weighted by Crippen LogP contribution is -2.30. The largest absolute Gasteiger partial charge is 0.399 e. The third-order valence-electron chi connectivity index (χ3n) is 2.55. The van der Waals surface area contributed by atoms with E-state index in [9.17, 15) is 4.79 Å². The number of carbonyl (C=O) groups is 1. The lowest BCUT2D eigenvalue weighted by Gasteiger charge is -2.17. The average molecular weight is 340 g/mol. The maximum atomic E-state index is 12.0. The first-order valence-electron chi connectivity index (χ1n) is 5.65. The summed E-state index contributed by atoms with van der Waals surface area (Å²) in [5, 5.41) is 4.84. The van der Waals surface area contributed by atoms with Crippen molar-refractivity contribution in [1.82, 2.24) is 4.90 Å². The van der Waals surface area contributed by atoms with Crippen molar-refractivity contribution in [2.24, 2.45) is 0 Å². The van der Waals surface area contributed by atoms with Gasteiger partial charge in [-0.05, 0) is 57.2 Å². The molecule has 4 nitrogen and oxygen atoms in total. The molecule has 3 N–H and O–H groups in total. The number of anilines is 2. The molecule has 0 aliphatic carbocycles. The molecule has 0 bridgehead atoms. The number of thiophene rings is 1. The minimum Gasteiger partial charge on any atom is -0.399 e. The first kappa shape index (κ1) is 13.9. The number of amides is 2. The normalized spacial score (nSPS) is 10.2. The SMILES string of the molecule is CN(Cc1csc(Br)c1)C(=O)Nc1ccc(N)cc1. The highest BCUT2D eigenvalue weighted by atomic mass is 79.9. The molecule has 100 valence electrons. The Morgan fingerprint density at radius 1 is 1.42 bits per heavy atom. The Hall–Kier alpha value is -1.53. The average Bonchev–Trinajstić information content (AvgIpc) is 2.77. The van der Waals surface area contributed by atoms with Gasteiger partial charge in [-0.1, -0.05) is 0 Å². The summed E-state index contributed by atoms with van der Waals surface area (Å²) in [6, 6.07) is 8.94. The standard InChI is InChI=1S/C13H14BrN3OS/c1-17(7-9-6-12(14)19-8-9)13(18)16-11-4-2-10(15)3-5-11/h2-6,8H,7,15H2,1H3,(H,16,18). The second-order valence-corrected chi connectivity index (χ2v) is 6.46. The van der Waals surface area contributed by atoms with Crippen LogP contribution in [0.1, 0.15) is 5.56 Å². The summed E-state index contributed by atoms with van der Waals surface area (Å²) >= 11 is 5.02. The van der Waals surface area contributed by atoms with Crippen molar-refractivity contribution in [3.8, 4) is 0 Å². The van der Waals surface area contributed by atoms with E-state index in [-0.39, 0.29) is 6.03 Å². The van der Waals surface area contributed by atoms with Crippen LogP contribution in [0.2, 0.25) is 0 Å². The summed E-state index contributed by atoms with van der Waals surface area (Å²) in [5.41, 5.74) is 8.11. The van der Waals surface area contributed by atoms with Gasteiger partial charge in [0.15, 0.2) is 0 Å². The Balaban J connectivity index is 1.94. The number of nitrogens with two attached hydrogens (primary N) is 1. The molecule has 6 heteroatoms. The molecule has 1 aromatic carbocycles. The highest BCUT2D eigenvalue weighted by molar-refractivity contribution is 9.11. The van der Waals surface area contributed by atoms with Crippen molar-refractivity contribution >= 4 is 44.7 Å². The molecule has 0 saturated heterocycles. The summed E-state index contributed by atoms with van der Waals surface area (Å²) in [5.74, 6) is 0. The Morgan fingerprint density at radius 3 is 2.68 bits per heavy atom. The van der Waals surface area contributed by atoms with E-state index >= 15 is 0 Å². The van der Waals surface area contributed by atoms with Gasteiger partial charge in [-0.2, -0.15) is 0 Å². The molecule has 0 saturated carbocycles. The number of urea groups is 1. The number of carbonyl (C=O) groups excluding carboxylic acids is 1. The summed E-state index contributed by atoms with van der Waals surface area (Å²) < 4.78 is 1.06. The number of hydrogen-bond donors (Lipinski definition) is 2. The lowest BCUT2D eigenvalue weighted by atomic mass is 10.3. The fourth-order valence-electron chi connectivity index (χ4n) is 1.56. The molecular formula is C13H14BrN3OS. The van der Waals surface area contributed by atoms with Crippen LogP contribution in [0.3, 0.4) is 0 Å². The third-order valence-corrected chi connectivity index (χ3v) is 4.10. The summed E-state index contributed by atoms with van der Waals surface area (Å²) in [7, 11) is 1.76. The highest BCUT2D eigenvalue weighted by Crippen LogP contribution is 2.21. The zero-order valence-corrected chi connectivity index (χ0v) is 12.8. The summed E-state index contributed by atoms with van der Waals surface area (Å²) in [6.07, 6.45) is 0. The number of nitrogens with one attached hydrogen (secondary N) is 1. The van der Waals surface area contributed by atoms with Crippen LogP contribution in [0.4, 0.5) is 16.2 Å². The van der Waals surface area contributed by atoms with Crippen LogP contribution in [0.15, 0.2) is 39.5 Å². The molecule has 19 heavy (non-hydrogen) atoms. The van der Waals surface area contributed by atoms with Crippen LogP contribution in [0.25, 0.3) is 0 Å². The van der Waals surface area contributed by atoms with Crippen LogP contribution in [0.5, 0.6) is 0 Å². The number of rotatable bonds is 3. The van der Waals surface area contributed by atoms with E-state index in [4.69, 9.17) is 5.73 Å². The van der Waals surface area contributed by atoms with E-state index in [1.54, 1.807) is 47.5 Å². The van der Waals surface area contributed by atoms with E-state index in [0.29, 0.717) is 12.2 Å². The van der Waals surface area contributed by atoms with Crippen molar-refractivity contribution < 1.29 is 4.79 Å². The van der Waals surface area contributed by atoms with Crippen molar-refractivity contribution in [3.05, 3.63) is 45.1 Å². The van der Waals surface area contributed by atoms with E-state index < -0.39 is 0 Å². The number of hydrogen-bond acceptors (Lipinski definition) is 3. The Labute approximate surface area is 124 Å². The highest BCUT2D eigenvalue weighted by Gasteiger charge is 2.10. The van der Waals surface area contributed by atoms with Crippen molar-refractivity contribution in [3.63, 3.8) is 0 Å². The van der Waals surface area contributed by atoms with Crippen molar-refractivity contribution in [2.75, 3.05) is 18.1 Å². The van der Waals surface area contributed by atoms with E-state index in [1.165, 1.54) is 0 Å². The van der Waals surface area contributed by atoms with E-state index in [1.807, 2.05) is 11.4 Å². The maximum absolute atomic E-state index is 12.0. The second kappa shape index (κ2) is 6.08. The quantitative estimate of drug-likeness (QED) is 0.836. The topological polar surface area (TPSA) is 58.4 Å². The lowest BCUT2D eigenvalue weighted by molar-refractivity contribution is 0.221. The number of nitrogens with zero attached hydrogens (tertiary/aromatic N) is 1. The molecule has 2 rings (SSSR count). The summed E-state index contributed by atoms with van der Waals surface area (Å²) in [4.78, 5) is 13.6. The van der Waals surface area contributed by atoms with Gasteiger partial charge in [0.2, 0.25) is 0 Å². The zero-order chi connectivity index (χ0) is 13.8. The molecule has 0 spiro atoms. The van der Waals surface area contributed by atoms with Crippen LogP contribution in [-0.4, -0.2) is 18.0 Å². The predicted octanol–water partition coefficient (Wildman–Crippen LogP) is 3.76. The van der Waals surface area contributed by atoms with Gasteiger partial charge in [-0.15, -0.1) is 11.3 Å². The molecule has 2 aromatic rings. The minimum absolute atomic E-state index is 0.146. The minimum atomic E-state index is -0.146. The van der Waals surface area contributed by atoms with Crippen LogP contribution in [0, 0.1) is 0 Å². The molecule has 2 amide bonds. The van der Waals surface area contributed by atoms with Gasteiger partial charge >= 0.3 is 6.03 Å². The van der Waals surface area contributed by atoms with E-state index in [0.717, 1.165) is 15.0 Å². The first-order chi connectivity index (χ1) is 9.04. The van der Waals surface area contributed by atoms with Crippen LogP contribution < -0.4 is 11.1 Å². The molecule has 0 radical (unpaired) electrons. The molecule has 0 aliphatic heterocycles. The van der Waals surface area contributed by atoms with Gasteiger partial charge in [0.05, 0.1) is 3.79 Å². The molecular weight excluding hydrogens is 326 g/mol.